The molecule has 2 saturated heterocycles. The summed E-state index contributed by atoms with van der Waals surface area (Å²) < 4.78 is 10.7. The van der Waals surface area contributed by atoms with E-state index in [1.165, 1.54) is 0 Å². The zero-order chi connectivity index (χ0) is 14.9. The lowest BCUT2D eigenvalue weighted by molar-refractivity contribution is 0.0247. The number of thioether (sulfide) groups is 1. The van der Waals surface area contributed by atoms with Gasteiger partial charge in [-0.3, -0.25) is 4.90 Å². The molecule has 0 saturated carbocycles. The highest BCUT2D eigenvalue weighted by molar-refractivity contribution is 7.98. The molecule has 2 aliphatic heterocycles. The Labute approximate surface area is 123 Å². The van der Waals surface area contributed by atoms with Crippen LogP contribution in [0.15, 0.2) is 0 Å². The van der Waals surface area contributed by atoms with E-state index in [1.807, 2.05) is 27.0 Å². The van der Waals surface area contributed by atoms with Crippen molar-refractivity contribution in [3.05, 3.63) is 0 Å². The number of carbonyl (C=O) groups is 2. The van der Waals surface area contributed by atoms with E-state index in [1.54, 1.807) is 21.6 Å². The molecule has 2 amide bonds. The minimum Gasteiger partial charge on any atom is -0.444 e. The van der Waals surface area contributed by atoms with Gasteiger partial charge >= 0.3 is 12.2 Å². The van der Waals surface area contributed by atoms with Crippen molar-refractivity contribution < 1.29 is 19.1 Å². The number of ether oxygens (including phenoxy) is 2. The molecule has 20 heavy (non-hydrogen) atoms. The van der Waals surface area contributed by atoms with Gasteiger partial charge in [0.2, 0.25) is 0 Å². The minimum atomic E-state index is -0.510. The van der Waals surface area contributed by atoms with Crippen molar-refractivity contribution in [2.24, 2.45) is 0 Å². The van der Waals surface area contributed by atoms with Gasteiger partial charge in [0, 0.05) is 18.8 Å². The molecule has 0 bridgehead atoms. The van der Waals surface area contributed by atoms with Crippen LogP contribution in [0.3, 0.4) is 0 Å². The van der Waals surface area contributed by atoms with Crippen LogP contribution < -0.4 is 0 Å². The van der Waals surface area contributed by atoms with E-state index >= 15 is 0 Å². The molecule has 2 rings (SSSR count). The van der Waals surface area contributed by atoms with E-state index in [0.717, 1.165) is 5.75 Å². The second-order valence-corrected chi connectivity index (χ2v) is 7.05. The summed E-state index contributed by atoms with van der Waals surface area (Å²) in [7, 11) is 0. The third-order valence-electron chi connectivity index (χ3n) is 3.31. The Kier molecular flexibility index (Phi) is 4.36. The van der Waals surface area contributed by atoms with Crippen LogP contribution in [0.5, 0.6) is 0 Å². The topological polar surface area (TPSA) is 59.1 Å². The molecule has 0 aromatic rings. The highest BCUT2D eigenvalue weighted by atomic mass is 32.2. The molecule has 2 fully saturated rings. The lowest BCUT2D eigenvalue weighted by Crippen LogP contribution is -2.41. The molecule has 6 nitrogen and oxygen atoms in total. The Hall–Kier alpha value is -1.11. The van der Waals surface area contributed by atoms with E-state index in [0.29, 0.717) is 19.6 Å². The Morgan fingerprint density at radius 2 is 2.15 bits per heavy atom. The molecule has 114 valence electrons. The van der Waals surface area contributed by atoms with Crippen molar-refractivity contribution in [3.8, 4) is 0 Å². The van der Waals surface area contributed by atoms with E-state index in [2.05, 4.69) is 0 Å². The summed E-state index contributed by atoms with van der Waals surface area (Å²) in [4.78, 5) is 27.1. The molecule has 0 aliphatic carbocycles. The van der Waals surface area contributed by atoms with Gasteiger partial charge in [0.15, 0.2) is 0 Å². The Morgan fingerprint density at radius 1 is 1.45 bits per heavy atom. The number of amides is 2. The number of nitrogens with zero attached hydrogens (tertiary/aromatic N) is 2. The first-order valence-corrected chi connectivity index (χ1v) is 8.15. The van der Waals surface area contributed by atoms with Crippen LogP contribution in [0, 0.1) is 0 Å². The van der Waals surface area contributed by atoms with E-state index in [-0.39, 0.29) is 24.3 Å². The zero-order valence-corrected chi connectivity index (χ0v) is 13.2. The number of hydrogen-bond donors (Lipinski definition) is 0. The van der Waals surface area contributed by atoms with Crippen LogP contribution >= 0.6 is 11.8 Å². The van der Waals surface area contributed by atoms with Crippen LogP contribution in [-0.2, 0) is 9.47 Å². The summed E-state index contributed by atoms with van der Waals surface area (Å²) >= 11 is 1.68. The smallest absolute Gasteiger partial charge is 0.410 e. The lowest BCUT2D eigenvalue weighted by Gasteiger charge is -2.26. The van der Waals surface area contributed by atoms with Crippen molar-refractivity contribution in [3.63, 3.8) is 0 Å². The second-order valence-electron chi connectivity index (χ2n) is 6.06. The molecule has 0 unspecified atom stereocenters. The molecular weight excluding hydrogens is 280 g/mol. The standard InChI is InChI=1S/C13H22N2O4S/c1-13(2,3)19-11(16)14-7-9-10(8-14)18-12(17)15(9)5-6-20-4/h9-10H,5-8H2,1-4H3/t9-,10+/m0/s1. The summed E-state index contributed by atoms with van der Waals surface area (Å²) in [6.45, 7) is 7.08. The van der Waals surface area contributed by atoms with Crippen LogP contribution in [-0.4, -0.2) is 71.4 Å². The molecular formula is C13H22N2O4S. The van der Waals surface area contributed by atoms with Gasteiger partial charge < -0.3 is 14.4 Å². The summed E-state index contributed by atoms with van der Waals surface area (Å²) in [5.41, 5.74) is -0.510. The first kappa shape index (κ1) is 15.3. The van der Waals surface area contributed by atoms with Crippen molar-refractivity contribution >= 4 is 23.9 Å². The number of fused-ring (bicyclic) bond motifs is 1. The molecule has 0 N–H and O–H groups in total. The predicted molar refractivity (Wildman–Crippen MR) is 77.0 cm³/mol. The molecule has 0 radical (unpaired) electrons. The highest BCUT2D eigenvalue weighted by Crippen LogP contribution is 2.28. The molecule has 2 heterocycles. The third-order valence-corrected chi connectivity index (χ3v) is 3.90. The maximum absolute atomic E-state index is 12.0. The number of hydrogen-bond acceptors (Lipinski definition) is 5. The maximum atomic E-state index is 12.0. The van der Waals surface area contributed by atoms with Crippen LogP contribution in [0.25, 0.3) is 0 Å². The second kappa shape index (κ2) is 5.71. The fourth-order valence-corrected chi connectivity index (χ4v) is 2.81. The normalized spacial score (nSPS) is 25.7. The average molecular weight is 302 g/mol. The monoisotopic (exact) mass is 302 g/mol. The summed E-state index contributed by atoms with van der Waals surface area (Å²) in [5.74, 6) is 0.866. The van der Waals surface area contributed by atoms with Crippen LogP contribution in [0.2, 0.25) is 0 Å². The molecule has 2 atom stereocenters. The summed E-state index contributed by atoms with van der Waals surface area (Å²) in [5, 5.41) is 0. The number of carbonyl (C=O) groups excluding carboxylic acids is 2. The van der Waals surface area contributed by atoms with Crippen LogP contribution in [0.1, 0.15) is 20.8 Å². The molecule has 0 aromatic carbocycles. The van der Waals surface area contributed by atoms with Gasteiger partial charge in [-0.05, 0) is 27.0 Å². The Morgan fingerprint density at radius 3 is 2.75 bits per heavy atom. The maximum Gasteiger partial charge on any atom is 0.410 e. The van der Waals surface area contributed by atoms with Crippen LogP contribution in [0.4, 0.5) is 9.59 Å². The van der Waals surface area contributed by atoms with Gasteiger partial charge in [-0.15, -0.1) is 0 Å². The number of rotatable bonds is 3. The van der Waals surface area contributed by atoms with Crippen molar-refractivity contribution in [2.45, 2.75) is 38.5 Å². The lowest BCUT2D eigenvalue weighted by atomic mass is 10.2. The van der Waals surface area contributed by atoms with Crippen molar-refractivity contribution in [1.82, 2.24) is 9.80 Å². The van der Waals surface area contributed by atoms with E-state index in [9.17, 15) is 9.59 Å². The van der Waals surface area contributed by atoms with Crippen molar-refractivity contribution in [1.29, 1.82) is 0 Å². The Balaban J connectivity index is 1.95. The molecule has 7 heteroatoms. The largest absolute Gasteiger partial charge is 0.444 e. The summed E-state index contributed by atoms with van der Waals surface area (Å²) in [6, 6.07) is -0.0397. The van der Waals surface area contributed by atoms with Crippen molar-refractivity contribution in [2.75, 3.05) is 31.6 Å². The van der Waals surface area contributed by atoms with Gasteiger partial charge in [0.1, 0.15) is 11.7 Å². The fourth-order valence-electron chi connectivity index (χ4n) is 2.43. The van der Waals surface area contributed by atoms with Gasteiger partial charge in [-0.1, -0.05) is 0 Å². The van der Waals surface area contributed by atoms with Gasteiger partial charge in [0.25, 0.3) is 0 Å². The molecule has 0 spiro atoms. The predicted octanol–water partition coefficient (Wildman–Crippen LogP) is 1.79. The molecule has 0 aromatic heterocycles. The molecule has 2 aliphatic rings. The first-order chi connectivity index (χ1) is 9.31. The quantitative estimate of drug-likeness (QED) is 0.795. The fraction of sp³-hybridized carbons (Fsp3) is 0.846. The number of likely N-dealkylation sites (tertiary alicyclic amines) is 1. The van der Waals surface area contributed by atoms with Gasteiger partial charge in [-0.25, -0.2) is 9.59 Å². The minimum absolute atomic E-state index is 0.0397. The average Bonchev–Trinajstić information content (AvgIpc) is 2.82. The third kappa shape index (κ3) is 3.31. The summed E-state index contributed by atoms with van der Waals surface area (Å²) in [6.07, 6.45) is 1.17. The van der Waals surface area contributed by atoms with Gasteiger partial charge in [0.05, 0.1) is 12.6 Å². The zero-order valence-electron chi connectivity index (χ0n) is 12.4. The first-order valence-electron chi connectivity index (χ1n) is 6.76. The highest BCUT2D eigenvalue weighted by Gasteiger charge is 2.49. The van der Waals surface area contributed by atoms with Gasteiger partial charge in [-0.2, -0.15) is 11.8 Å². The van der Waals surface area contributed by atoms with E-state index < -0.39 is 5.60 Å². The SMILES string of the molecule is CSCCN1C(=O)O[C@@H]2CN(C(=O)OC(C)(C)C)C[C@@H]21. The van der Waals surface area contributed by atoms with E-state index in [4.69, 9.17) is 9.47 Å². The Bertz CT molecular complexity index is 396.